The van der Waals surface area contributed by atoms with Crippen LogP contribution < -0.4 is 10.3 Å². The molecule has 9 heteroatoms. The molecule has 1 aliphatic rings. The summed E-state index contributed by atoms with van der Waals surface area (Å²) in [5.74, 6) is -0.134. The number of carboxylic acids is 1. The van der Waals surface area contributed by atoms with Gasteiger partial charge in [-0.1, -0.05) is 12.1 Å². The van der Waals surface area contributed by atoms with Gasteiger partial charge >= 0.3 is 5.97 Å². The number of aliphatic carboxylic acids is 1. The predicted molar refractivity (Wildman–Crippen MR) is 176 cm³/mol. The summed E-state index contributed by atoms with van der Waals surface area (Å²) in [6.07, 6.45) is 4.26. The molecule has 230 valence electrons. The van der Waals surface area contributed by atoms with Crippen molar-refractivity contribution in [1.82, 2.24) is 19.3 Å². The Kier molecular flexibility index (Phi) is 7.66. The molecule has 4 heterocycles. The molecule has 3 aromatic carbocycles. The maximum absolute atomic E-state index is 13.4. The first-order valence-electron chi connectivity index (χ1n) is 14.9. The number of fused-ring (bicyclic) bond motifs is 2. The summed E-state index contributed by atoms with van der Waals surface area (Å²) in [6.45, 7) is 8.10. The van der Waals surface area contributed by atoms with E-state index in [0.29, 0.717) is 18.7 Å². The Morgan fingerprint density at radius 3 is 2.58 bits per heavy atom. The van der Waals surface area contributed by atoms with E-state index in [2.05, 4.69) is 5.10 Å². The highest BCUT2D eigenvalue weighted by atomic mass is 16.5. The first-order valence-corrected chi connectivity index (χ1v) is 14.9. The first kappa shape index (κ1) is 30.0. The molecule has 0 atom stereocenters. The summed E-state index contributed by atoms with van der Waals surface area (Å²) in [4.78, 5) is 30.2. The second-order valence-electron chi connectivity index (χ2n) is 12.5. The molecule has 0 aliphatic carbocycles. The minimum absolute atomic E-state index is 0.131. The van der Waals surface area contributed by atoms with Gasteiger partial charge in [-0.15, -0.1) is 0 Å². The van der Waals surface area contributed by atoms with E-state index < -0.39 is 11.6 Å². The normalized spacial score (nSPS) is 12.7. The highest BCUT2D eigenvalue weighted by molar-refractivity contribution is 6.08. The number of pyridine rings is 2. The smallest absolute Gasteiger partial charge is 0.307 e. The van der Waals surface area contributed by atoms with Gasteiger partial charge in [0.2, 0.25) is 0 Å². The molecule has 6 aromatic rings. The van der Waals surface area contributed by atoms with Gasteiger partial charge in [-0.3, -0.25) is 19.3 Å². The van der Waals surface area contributed by atoms with E-state index in [1.54, 1.807) is 37.6 Å². The third kappa shape index (κ3) is 5.79. The van der Waals surface area contributed by atoms with Gasteiger partial charge in [-0.25, -0.2) is 0 Å². The van der Waals surface area contributed by atoms with Crippen molar-refractivity contribution in [2.45, 2.75) is 52.7 Å². The van der Waals surface area contributed by atoms with E-state index in [1.807, 2.05) is 73.4 Å². The Balaban J connectivity index is 0.000000664. The quantitative estimate of drug-likeness (QED) is 0.255. The molecule has 3 aromatic heterocycles. The highest BCUT2D eigenvalue weighted by Crippen LogP contribution is 2.42. The van der Waals surface area contributed by atoms with Crippen molar-refractivity contribution in [3.63, 3.8) is 0 Å². The van der Waals surface area contributed by atoms with Crippen LogP contribution in [0.4, 0.5) is 0 Å². The van der Waals surface area contributed by atoms with Crippen molar-refractivity contribution < 1.29 is 19.7 Å². The zero-order chi connectivity index (χ0) is 32.0. The Morgan fingerprint density at radius 2 is 1.82 bits per heavy atom. The van der Waals surface area contributed by atoms with Crippen LogP contribution in [0.3, 0.4) is 0 Å². The van der Waals surface area contributed by atoms with Gasteiger partial charge in [0.05, 0.1) is 47.9 Å². The molecule has 2 N–H and O–H groups in total. The van der Waals surface area contributed by atoms with E-state index in [4.69, 9.17) is 14.8 Å². The molecule has 9 nitrogen and oxygen atoms in total. The summed E-state index contributed by atoms with van der Waals surface area (Å²) >= 11 is 0. The molecular formula is C36H36N4O5. The monoisotopic (exact) mass is 604 g/mol. The summed E-state index contributed by atoms with van der Waals surface area (Å²) < 4.78 is 9.53. The van der Waals surface area contributed by atoms with E-state index in [-0.39, 0.29) is 12.0 Å². The van der Waals surface area contributed by atoms with Crippen molar-refractivity contribution in [1.29, 1.82) is 0 Å². The average Bonchev–Trinajstić information content (AvgIpc) is 3.36. The molecular weight excluding hydrogens is 568 g/mol. The molecule has 0 amide bonds. The zero-order valence-corrected chi connectivity index (χ0v) is 26.1. The molecule has 0 radical (unpaired) electrons. The number of nitrogens with zero attached hydrogens (tertiary/aromatic N) is 4. The fourth-order valence-electron chi connectivity index (χ4n) is 6.11. The van der Waals surface area contributed by atoms with Crippen LogP contribution in [0.15, 0.2) is 71.8 Å². The molecule has 7 rings (SSSR count). The standard InChI is InChI=1S/C32H26N4O4.C4H10O/c1-18-14-26-21(7-9-28(37)36(26)17-20-4-3-5-25-24(20)16-34-35(25)2)31(23(18)15-29(38)39)22-6-8-27-30-19(11-13-40-27)10-12-33-32(22)30;1-4(2,3)5/h3-10,12,14,16H,11,13,15,17H2,1-2H3,(H,38,39);5H,1-3H3. The summed E-state index contributed by atoms with van der Waals surface area (Å²) in [6, 6.07) is 17.2. The lowest BCUT2D eigenvalue weighted by atomic mass is 9.87. The van der Waals surface area contributed by atoms with Gasteiger partial charge in [-0.05, 0) is 91.9 Å². The third-order valence-corrected chi connectivity index (χ3v) is 8.00. The van der Waals surface area contributed by atoms with Gasteiger partial charge < -0.3 is 19.5 Å². The maximum Gasteiger partial charge on any atom is 0.307 e. The Labute approximate surface area is 260 Å². The number of benzene rings is 3. The van der Waals surface area contributed by atoms with Crippen LogP contribution in [0, 0.1) is 6.92 Å². The second-order valence-corrected chi connectivity index (χ2v) is 12.5. The Morgan fingerprint density at radius 1 is 1.04 bits per heavy atom. The van der Waals surface area contributed by atoms with E-state index in [9.17, 15) is 14.7 Å². The number of rotatable bonds is 5. The van der Waals surface area contributed by atoms with Gasteiger partial charge in [0.15, 0.2) is 0 Å². The lowest BCUT2D eigenvalue weighted by Crippen LogP contribution is -2.21. The predicted octanol–water partition coefficient (Wildman–Crippen LogP) is 5.80. The minimum Gasteiger partial charge on any atom is -0.493 e. The number of aryl methyl sites for hydroxylation is 2. The van der Waals surface area contributed by atoms with Gasteiger partial charge in [0.25, 0.3) is 5.56 Å². The van der Waals surface area contributed by atoms with Crippen LogP contribution in [-0.2, 0) is 31.2 Å². The first-order chi connectivity index (χ1) is 21.4. The number of hydrogen-bond donors (Lipinski definition) is 2. The topological polar surface area (TPSA) is 119 Å². The molecule has 0 saturated heterocycles. The van der Waals surface area contributed by atoms with E-state index in [1.165, 1.54) is 0 Å². The van der Waals surface area contributed by atoms with Gasteiger partial charge in [-0.2, -0.15) is 5.10 Å². The minimum atomic E-state index is -0.917. The summed E-state index contributed by atoms with van der Waals surface area (Å²) in [7, 11) is 1.90. The number of carboxylic acid groups (broad SMARTS) is 1. The van der Waals surface area contributed by atoms with Crippen LogP contribution >= 0.6 is 0 Å². The lowest BCUT2D eigenvalue weighted by molar-refractivity contribution is -0.136. The molecule has 0 fully saturated rings. The van der Waals surface area contributed by atoms with Crippen LogP contribution in [0.5, 0.6) is 5.75 Å². The molecule has 0 saturated carbocycles. The number of aromatic nitrogens is 4. The SMILES string of the molecule is CC(C)(C)O.Cc1cc2c(ccc(=O)n2Cc2cccc3c2cnn3C)c(-c2ccc3c4c(ccnc24)CCO3)c1CC(=O)O. The molecule has 0 bridgehead atoms. The highest BCUT2D eigenvalue weighted by Gasteiger charge is 2.23. The van der Waals surface area contributed by atoms with Crippen LogP contribution in [-0.4, -0.2) is 47.7 Å². The van der Waals surface area contributed by atoms with Crippen molar-refractivity contribution >= 4 is 38.7 Å². The number of aliphatic hydroxyl groups is 1. The molecule has 0 spiro atoms. The maximum atomic E-state index is 13.4. The summed E-state index contributed by atoms with van der Waals surface area (Å²) in [5, 5.41) is 25.6. The molecule has 0 unspecified atom stereocenters. The fourth-order valence-corrected chi connectivity index (χ4v) is 6.11. The average molecular weight is 605 g/mol. The fraction of sp³-hybridized carbons (Fsp3) is 0.278. The van der Waals surface area contributed by atoms with Crippen molar-refractivity contribution in [2.24, 2.45) is 7.05 Å². The van der Waals surface area contributed by atoms with Crippen molar-refractivity contribution in [2.75, 3.05) is 6.61 Å². The lowest BCUT2D eigenvalue weighted by Gasteiger charge is -2.22. The zero-order valence-electron chi connectivity index (χ0n) is 26.1. The van der Waals surface area contributed by atoms with Crippen LogP contribution in [0.2, 0.25) is 0 Å². The summed E-state index contributed by atoms with van der Waals surface area (Å²) in [5.41, 5.74) is 7.14. The third-order valence-electron chi connectivity index (χ3n) is 8.00. The van der Waals surface area contributed by atoms with Crippen LogP contribution in [0.25, 0.3) is 43.8 Å². The Bertz CT molecular complexity index is 2160. The Hall–Kier alpha value is -5.02. The van der Waals surface area contributed by atoms with E-state index >= 15 is 0 Å². The molecule has 1 aliphatic heterocycles. The molecule has 45 heavy (non-hydrogen) atoms. The van der Waals surface area contributed by atoms with Gasteiger partial charge in [0.1, 0.15) is 5.75 Å². The van der Waals surface area contributed by atoms with Crippen molar-refractivity contribution in [3.8, 4) is 16.9 Å². The van der Waals surface area contributed by atoms with Crippen molar-refractivity contribution in [3.05, 3.63) is 99.6 Å². The second kappa shape index (κ2) is 11.5. The van der Waals surface area contributed by atoms with E-state index in [0.717, 1.165) is 72.7 Å². The largest absolute Gasteiger partial charge is 0.493 e. The number of carbonyl (C=O) groups is 1. The number of hydrogen-bond acceptors (Lipinski definition) is 6. The van der Waals surface area contributed by atoms with Crippen LogP contribution in [0.1, 0.15) is 43.0 Å². The van der Waals surface area contributed by atoms with Gasteiger partial charge in [0, 0.05) is 47.5 Å². The number of ether oxygens (including phenoxy) is 1.